The minimum atomic E-state index is -3.54. The lowest BCUT2D eigenvalue weighted by Crippen LogP contribution is -2.11. The standard InChI is InChI=1S/C11H11ClN2O2S2/c1-8-13-7-11(17-8)18(15,16)14-10-4-2-9(6-12)3-5-10/h2-5,7,14H,6H2,1H3. The molecule has 2 rings (SSSR count). The maximum absolute atomic E-state index is 12.0. The number of hydrogen-bond donors (Lipinski definition) is 1. The van der Waals surface area contributed by atoms with Gasteiger partial charge in [-0.1, -0.05) is 12.1 Å². The van der Waals surface area contributed by atoms with Crippen LogP contribution in [0.5, 0.6) is 0 Å². The molecule has 0 atom stereocenters. The Morgan fingerprint density at radius 1 is 1.33 bits per heavy atom. The summed E-state index contributed by atoms with van der Waals surface area (Å²) < 4.78 is 26.7. The minimum absolute atomic E-state index is 0.210. The Kier molecular flexibility index (Phi) is 3.89. The monoisotopic (exact) mass is 302 g/mol. The van der Waals surface area contributed by atoms with Gasteiger partial charge in [-0.05, 0) is 24.6 Å². The van der Waals surface area contributed by atoms with Gasteiger partial charge >= 0.3 is 0 Å². The number of nitrogens with zero attached hydrogens (tertiary/aromatic N) is 1. The third-order valence-electron chi connectivity index (χ3n) is 2.23. The summed E-state index contributed by atoms with van der Waals surface area (Å²) in [5.41, 5.74) is 1.45. The topological polar surface area (TPSA) is 59.1 Å². The van der Waals surface area contributed by atoms with E-state index in [1.165, 1.54) is 6.20 Å². The number of thiazole rings is 1. The number of hydrogen-bond acceptors (Lipinski definition) is 4. The van der Waals surface area contributed by atoms with Crippen LogP contribution in [0.2, 0.25) is 0 Å². The van der Waals surface area contributed by atoms with Crippen LogP contribution in [0.4, 0.5) is 5.69 Å². The number of rotatable bonds is 4. The third kappa shape index (κ3) is 3.01. The zero-order valence-corrected chi connectivity index (χ0v) is 11.9. The number of alkyl halides is 1. The number of halogens is 1. The molecule has 0 aliphatic rings. The van der Waals surface area contributed by atoms with E-state index < -0.39 is 10.0 Å². The van der Waals surface area contributed by atoms with Crippen LogP contribution in [0.15, 0.2) is 34.7 Å². The minimum Gasteiger partial charge on any atom is -0.279 e. The zero-order chi connectivity index (χ0) is 13.2. The molecule has 0 saturated carbocycles. The molecule has 0 fully saturated rings. The molecule has 0 spiro atoms. The first kappa shape index (κ1) is 13.3. The Morgan fingerprint density at radius 2 is 2.00 bits per heavy atom. The summed E-state index contributed by atoms with van der Waals surface area (Å²) in [6.07, 6.45) is 1.36. The lowest BCUT2D eigenvalue weighted by Gasteiger charge is -2.06. The molecule has 1 N–H and O–H groups in total. The average Bonchev–Trinajstić information content (AvgIpc) is 2.77. The van der Waals surface area contributed by atoms with Gasteiger partial charge in [0.25, 0.3) is 10.0 Å². The highest BCUT2D eigenvalue weighted by Crippen LogP contribution is 2.21. The van der Waals surface area contributed by atoms with E-state index in [1.54, 1.807) is 31.2 Å². The number of nitrogens with one attached hydrogen (secondary N) is 1. The first-order chi connectivity index (χ1) is 8.51. The first-order valence-corrected chi connectivity index (χ1v) is 7.95. The predicted molar refractivity (Wildman–Crippen MR) is 73.7 cm³/mol. The normalized spacial score (nSPS) is 11.4. The van der Waals surface area contributed by atoms with Gasteiger partial charge in [0.05, 0.1) is 11.2 Å². The van der Waals surface area contributed by atoms with E-state index >= 15 is 0 Å². The molecule has 18 heavy (non-hydrogen) atoms. The van der Waals surface area contributed by atoms with Crippen molar-refractivity contribution in [1.29, 1.82) is 0 Å². The second kappa shape index (κ2) is 5.26. The molecule has 4 nitrogen and oxygen atoms in total. The van der Waals surface area contributed by atoms with Gasteiger partial charge in [-0.25, -0.2) is 13.4 Å². The van der Waals surface area contributed by atoms with Crippen LogP contribution < -0.4 is 4.72 Å². The van der Waals surface area contributed by atoms with E-state index in [-0.39, 0.29) is 4.21 Å². The van der Waals surface area contributed by atoms with Crippen molar-refractivity contribution in [1.82, 2.24) is 4.98 Å². The van der Waals surface area contributed by atoms with Crippen LogP contribution in [0.3, 0.4) is 0 Å². The van der Waals surface area contributed by atoms with E-state index in [2.05, 4.69) is 9.71 Å². The molecule has 0 aliphatic heterocycles. The molecular weight excluding hydrogens is 292 g/mol. The highest BCUT2D eigenvalue weighted by atomic mass is 35.5. The van der Waals surface area contributed by atoms with Gasteiger partial charge in [-0.15, -0.1) is 22.9 Å². The van der Waals surface area contributed by atoms with Crippen molar-refractivity contribution in [2.45, 2.75) is 17.0 Å². The van der Waals surface area contributed by atoms with Crippen molar-refractivity contribution in [3.05, 3.63) is 41.0 Å². The van der Waals surface area contributed by atoms with Crippen LogP contribution in [-0.4, -0.2) is 13.4 Å². The van der Waals surface area contributed by atoms with Crippen molar-refractivity contribution < 1.29 is 8.42 Å². The molecule has 96 valence electrons. The van der Waals surface area contributed by atoms with Gasteiger partial charge in [0.1, 0.15) is 0 Å². The maximum Gasteiger partial charge on any atom is 0.273 e. The first-order valence-electron chi connectivity index (χ1n) is 5.11. The molecule has 0 radical (unpaired) electrons. The highest BCUT2D eigenvalue weighted by Gasteiger charge is 2.16. The lowest BCUT2D eigenvalue weighted by atomic mass is 10.2. The summed E-state index contributed by atoms with van der Waals surface area (Å²) in [6.45, 7) is 1.76. The number of aromatic nitrogens is 1. The van der Waals surface area contributed by atoms with Gasteiger partial charge in [-0.2, -0.15) is 0 Å². The van der Waals surface area contributed by atoms with Gasteiger partial charge in [0.15, 0.2) is 4.21 Å². The summed E-state index contributed by atoms with van der Waals surface area (Å²) in [7, 11) is -3.54. The van der Waals surface area contributed by atoms with E-state index in [4.69, 9.17) is 11.6 Å². The number of benzene rings is 1. The molecule has 1 heterocycles. The molecule has 1 aromatic heterocycles. The van der Waals surface area contributed by atoms with Crippen LogP contribution in [0.25, 0.3) is 0 Å². The van der Waals surface area contributed by atoms with Crippen molar-refractivity contribution in [2.24, 2.45) is 0 Å². The van der Waals surface area contributed by atoms with Crippen LogP contribution in [0, 0.1) is 6.92 Å². The Balaban J connectivity index is 2.22. The largest absolute Gasteiger partial charge is 0.279 e. The van der Waals surface area contributed by atoms with Crippen LogP contribution in [0.1, 0.15) is 10.6 Å². The summed E-state index contributed by atoms with van der Waals surface area (Å²) in [4.78, 5) is 3.93. The Bertz CT molecular complexity index is 635. The van der Waals surface area contributed by atoms with E-state index in [0.717, 1.165) is 16.9 Å². The van der Waals surface area contributed by atoms with E-state index in [9.17, 15) is 8.42 Å². The molecule has 2 aromatic rings. The van der Waals surface area contributed by atoms with Gasteiger partial charge in [0, 0.05) is 11.6 Å². The fourth-order valence-corrected chi connectivity index (χ4v) is 3.68. The third-order valence-corrected chi connectivity index (χ3v) is 5.29. The van der Waals surface area contributed by atoms with Crippen molar-refractivity contribution in [2.75, 3.05) is 4.72 Å². The Morgan fingerprint density at radius 3 is 2.50 bits per heavy atom. The van der Waals surface area contributed by atoms with Crippen LogP contribution >= 0.6 is 22.9 Å². The van der Waals surface area contributed by atoms with E-state index in [0.29, 0.717) is 16.6 Å². The quantitative estimate of drug-likeness (QED) is 0.883. The molecule has 0 saturated heterocycles. The molecule has 0 aliphatic carbocycles. The number of sulfonamides is 1. The summed E-state index contributed by atoms with van der Waals surface area (Å²) in [5, 5.41) is 0.716. The molecule has 0 amide bonds. The van der Waals surface area contributed by atoms with E-state index in [1.807, 2.05) is 0 Å². The van der Waals surface area contributed by atoms with Gasteiger partial charge < -0.3 is 0 Å². The summed E-state index contributed by atoms with van der Waals surface area (Å²) in [5.74, 6) is 0.404. The Labute approximate surface area is 115 Å². The van der Waals surface area contributed by atoms with Crippen molar-refractivity contribution in [3.8, 4) is 0 Å². The molecular formula is C11H11ClN2O2S2. The fraction of sp³-hybridized carbons (Fsp3) is 0.182. The van der Waals surface area contributed by atoms with Crippen molar-refractivity contribution >= 4 is 38.6 Å². The predicted octanol–water partition coefficient (Wildman–Crippen LogP) is 2.99. The Hall–Kier alpha value is -1.11. The zero-order valence-electron chi connectivity index (χ0n) is 9.55. The van der Waals surface area contributed by atoms with Gasteiger partial charge in [0.2, 0.25) is 0 Å². The van der Waals surface area contributed by atoms with Crippen LogP contribution in [-0.2, 0) is 15.9 Å². The highest BCUT2D eigenvalue weighted by molar-refractivity contribution is 7.94. The fourth-order valence-electron chi connectivity index (χ4n) is 1.33. The number of anilines is 1. The molecule has 0 bridgehead atoms. The second-order valence-corrected chi connectivity index (χ2v) is 7.05. The van der Waals surface area contributed by atoms with Crippen molar-refractivity contribution in [3.63, 3.8) is 0 Å². The number of aryl methyl sites for hydroxylation is 1. The maximum atomic E-state index is 12.0. The van der Waals surface area contributed by atoms with Gasteiger partial charge in [-0.3, -0.25) is 4.72 Å². The average molecular weight is 303 g/mol. The summed E-state index contributed by atoms with van der Waals surface area (Å²) in [6, 6.07) is 6.93. The lowest BCUT2D eigenvalue weighted by molar-refractivity contribution is 0.603. The molecule has 7 heteroatoms. The molecule has 1 aromatic carbocycles. The SMILES string of the molecule is Cc1ncc(S(=O)(=O)Nc2ccc(CCl)cc2)s1. The summed E-state index contributed by atoms with van der Waals surface area (Å²) >= 11 is 6.80. The molecule has 0 unspecified atom stereocenters. The smallest absolute Gasteiger partial charge is 0.273 e. The second-order valence-electron chi connectivity index (χ2n) is 3.63.